The summed E-state index contributed by atoms with van der Waals surface area (Å²) in [4.78, 5) is 18.5. The van der Waals surface area contributed by atoms with E-state index in [1.807, 2.05) is 36.4 Å². The van der Waals surface area contributed by atoms with Gasteiger partial charge in [-0.05, 0) is 37.1 Å². The van der Waals surface area contributed by atoms with Crippen LogP contribution in [0, 0.1) is 0 Å². The van der Waals surface area contributed by atoms with E-state index in [9.17, 15) is 4.79 Å². The van der Waals surface area contributed by atoms with Crippen LogP contribution in [0.3, 0.4) is 0 Å². The summed E-state index contributed by atoms with van der Waals surface area (Å²) in [6.45, 7) is 0. The number of para-hydroxylation sites is 1. The molecular formula is C20H25N3O. The maximum absolute atomic E-state index is 12.5. The minimum atomic E-state index is -0.0952. The van der Waals surface area contributed by atoms with Crippen molar-refractivity contribution in [2.75, 3.05) is 17.3 Å². The lowest BCUT2D eigenvalue weighted by Gasteiger charge is -2.19. The Morgan fingerprint density at radius 1 is 1.04 bits per heavy atom. The van der Waals surface area contributed by atoms with Gasteiger partial charge in [0.1, 0.15) is 5.69 Å². The van der Waals surface area contributed by atoms with Crippen molar-refractivity contribution >= 4 is 17.3 Å². The summed E-state index contributed by atoms with van der Waals surface area (Å²) in [6.07, 6.45) is 9.49. The number of pyridine rings is 1. The zero-order valence-electron chi connectivity index (χ0n) is 14.2. The Balaban J connectivity index is 1.64. The largest absolute Gasteiger partial charge is 0.381 e. The van der Waals surface area contributed by atoms with Crippen molar-refractivity contribution in [3.05, 3.63) is 54.4 Å². The Kier molecular flexibility index (Phi) is 5.47. The smallest absolute Gasteiger partial charge is 0.276 e. The molecule has 1 saturated carbocycles. The van der Waals surface area contributed by atoms with Crippen molar-refractivity contribution in [1.82, 2.24) is 4.98 Å². The quantitative estimate of drug-likeness (QED) is 0.843. The topological polar surface area (TPSA) is 45.2 Å². The minimum absolute atomic E-state index is 0.0952. The maximum Gasteiger partial charge on any atom is 0.276 e. The zero-order valence-corrected chi connectivity index (χ0v) is 14.2. The summed E-state index contributed by atoms with van der Waals surface area (Å²) in [5, 5.41) is 3.56. The van der Waals surface area contributed by atoms with Crippen LogP contribution in [0.1, 0.15) is 49.0 Å². The van der Waals surface area contributed by atoms with Crippen molar-refractivity contribution in [3.63, 3.8) is 0 Å². The van der Waals surface area contributed by atoms with Gasteiger partial charge in [-0.15, -0.1) is 0 Å². The van der Waals surface area contributed by atoms with Crippen LogP contribution >= 0.6 is 0 Å². The summed E-state index contributed by atoms with van der Waals surface area (Å²) in [5.74, 6) is -0.0952. The van der Waals surface area contributed by atoms with Gasteiger partial charge in [-0.1, -0.05) is 43.9 Å². The number of nitrogens with zero attached hydrogens (tertiary/aromatic N) is 2. The van der Waals surface area contributed by atoms with Crippen LogP contribution in [0.5, 0.6) is 0 Å². The molecule has 0 unspecified atom stereocenters. The van der Waals surface area contributed by atoms with Crippen molar-refractivity contribution in [3.8, 4) is 0 Å². The van der Waals surface area contributed by atoms with E-state index in [-0.39, 0.29) is 5.91 Å². The molecule has 4 heteroatoms. The highest BCUT2D eigenvalue weighted by Crippen LogP contribution is 2.21. The van der Waals surface area contributed by atoms with Gasteiger partial charge < -0.3 is 10.2 Å². The molecule has 1 N–H and O–H groups in total. The molecule has 0 spiro atoms. The van der Waals surface area contributed by atoms with Crippen LogP contribution in [0.4, 0.5) is 11.4 Å². The number of anilines is 2. The second kappa shape index (κ2) is 7.95. The molecule has 1 aromatic heterocycles. The highest BCUT2D eigenvalue weighted by molar-refractivity contribution is 6.04. The first-order valence-corrected chi connectivity index (χ1v) is 8.80. The molecule has 1 heterocycles. The van der Waals surface area contributed by atoms with Crippen LogP contribution in [-0.4, -0.2) is 24.0 Å². The lowest BCUT2D eigenvalue weighted by atomic mass is 10.1. The molecule has 126 valence electrons. The van der Waals surface area contributed by atoms with Gasteiger partial charge in [0, 0.05) is 18.8 Å². The third-order valence-electron chi connectivity index (χ3n) is 4.66. The van der Waals surface area contributed by atoms with Gasteiger partial charge in [0.05, 0.1) is 11.9 Å². The average Bonchev–Trinajstić information content (AvgIpc) is 2.90. The van der Waals surface area contributed by atoms with Crippen molar-refractivity contribution in [2.24, 2.45) is 0 Å². The van der Waals surface area contributed by atoms with E-state index in [0.29, 0.717) is 11.7 Å². The number of hydrogen-bond acceptors (Lipinski definition) is 3. The van der Waals surface area contributed by atoms with E-state index in [1.54, 1.807) is 24.2 Å². The summed E-state index contributed by atoms with van der Waals surface area (Å²) >= 11 is 0. The van der Waals surface area contributed by atoms with Crippen LogP contribution in [-0.2, 0) is 0 Å². The van der Waals surface area contributed by atoms with Gasteiger partial charge in [-0.2, -0.15) is 0 Å². The summed E-state index contributed by atoms with van der Waals surface area (Å²) < 4.78 is 0. The van der Waals surface area contributed by atoms with Crippen LogP contribution in [0.25, 0.3) is 0 Å². The SMILES string of the molecule is CN(C(=O)c1ccc(NC2CCCCCC2)cn1)c1ccccc1. The van der Waals surface area contributed by atoms with Gasteiger partial charge >= 0.3 is 0 Å². The number of aromatic nitrogens is 1. The minimum Gasteiger partial charge on any atom is -0.381 e. The number of rotatable bonds is 4. The Morgan fingerprint density at radius 2 is 1.75 bits per heavy atom. The van der Waals surface area contributed by atoms with Crippen molar-refractivity contribution in [1.29, 1.82) is 0 Å². The Bertz CT molecular complexity index is 646. The van der Waals surface area contributed by atoms with E-state index < -0.39 is 0 Å². The zero-order chi connectivity index (χ0) is 16.8. The van der Waals surface area contributed by atoms with Gasteiger partial charge in [0.15, 0.2) is 0 Å². The average molecular weight is 323 g/mol. The molecule has 0 atom stereocenters. The molecule has 3 rings (SSSR count). The summed E-state index contributed by atoms with van der Waals surface area (Å²) in [7, 11) is 1.77. The number of nitrogens with one attached hydrogen (secondary N) is 1. The first kappa shape index (κ1) is 16.5. The monoisotopic (exact) mass is 323 g/mol. The molecule has 1 aliphatic rings. The van der Waals surface area contributed by atoms with E-state index in [0.717, 1.165) is 11.4 Å². The van der Waals surface area contributed by atoms with Gasteiger partial charge in [-0.3, -0.25) is 4.79 Å². The first-order valence-electron chi connectivity index (χ1n) is 8.80. The number of carbonyl (C=O) groups excluding carboxylic acids is 1. The lowest BCUT2D eigenvalue weighted by molar-refractivity contribution is 0.0988. The molecule has 1 fully saturated rings. The molecule has 0 saturated heterocycles. The Labute approximate surface area is 143 Å². The standard InChI is InChI=1S/C20H25N3O/c1-23(18-11-7-4-8-12-18)20(24)19-14-13-17(15-21-19)22-16-9-5-2-3-6-10-16/h4,7-8,11-16,22H,2-3,5-6,9-10H2,1H3. The fraction of sp³-hybridized carbons (Fsp3) is 0.400. The maximum atomic E-state index is 12.5. The molecule has 0 bridgehead atoms. The number of hydrogen-bond donors (Lipinski definition) is 1. The van der Waals surface area contributed by atoms with Gasteiger partial charge in [0.25, 0.3) is 5.91 Å². The van der Waals surface area contributed by atoms with Gasteiger partial charge in [-0.25, -0.2) is 4.98 Å². The number of carbonyl (C=O) groups is 1. The van der Waals surface area contributed by atoms with Crippen LogP contribution in [0.15, 0.2) is 48.7 Å². The fourth-order valence-electron chi connectivity index (χ4n) is 3.21. The second-order valence-electron chi connectivity index (χ2n) is 6.46. The highest BCUT2D eigenvalue weighted by Gasteiger charge is 2.15. The van der Waals surface area contributed by atoms with E-state index in [1.165, 1.54) is 38.5 Å². The molecular weight excluding hydrogens is 298 g/mol. The van der Waals surface area contributed by atoms with E-state index >= 15 is 0 Å². The lowest BCUT2D eigenvalue weighted by Crippen LogP contribution is -2.27. The molecule has 0 radical (unpaired) electrons. The highest BCUT2D eigenvalue weighted by atomic mass is 16.2. The normalized spacial score (nSPS) is 15.5. The summed E-state index contributed by atoms with van der Waals surface area (Å²) in [5.41, 5.74) is 2.33. The van der Waals surface area contributed by atoms with Crippen LogP contribution < -0.4 is 10.2 Å². The van der Waals surface area contributed by atoms with Crippen molar-refractivity contribution in [2.45, 2.75) is 44.6 Å². The third-order valence-corrected chi connectivity index (χ3v) is 4.66. The van der Waals surface area contributed by atoms with E-state index in [4.69, 9.17) is 0 Å². The fourth-order valence-corrected chi connectivity index (χ4v) is 3.21. The summed E-state index contributed by atoms with van der Waals surface area (Å²) in [6, 6.07) is 13.9. The van der Waals surface area contributed by atoms with Crippen LogP contribution in [0.2, 0.25) is 0 Å². The third kappa shape index (κ3) is 4.13. The van der Waals surface area contributed by atoms with Crippen molar-refractivity contribution < 1.29 is 4.79 Å². The molecule has 4 nitrogen and oxygen atoms in total. The number of amides is 1. The second-order valence-corrected chi connectivity index (χ2v) is 6.46. The Morgan fingerprint density at radius 3 is 2.38 bits per heavy atom. The van der Waals surface area contributed by atoms with E-state index in [2.05, 4.69) is 10.3 Å². The molecule has 2 aromatic rings. The molecule has 1 aliphatic carbocycles. The predicted molar refractivity (Wildman–Crippen MR) is 98.5 cm³/mol. The molecule has 1 aromatic carbocycles. The first-order chi connectivity index (χ1) is 11.7. The molecule has 1 amide bonds. The molecule has 0 aliphatic heterocycles. The Hall–Kier alpha value is -2.36. The number of benzene rings is 1. The predicted octanol–water partition coefficient (Wildman–Crippen LogP) is 4.49. The van der Waals surface area contributed by atoms with Gasteiger partial charge in [0.2, 0.25) is 0 Å². The molecule has 24 heavy (non-hydrogen) atoms.